The molecule has 0 amide bonds. The number of hydrogen-bond donors (Lipinski definition) is 1. The van der Waals surface area contributed by atoms with Crippen LogP contribution in [0.4, 0.5) is 0 Å². The number of aromatic amines is 1. The monoisotopic (exact) mass is 379 g/mol. The molecule has 1 saturated carbocycles. The summed E-state index contributed by atoms with van der Waals surface area (Å²) in [6.07, 6.45) is 5.95. The van der Waals surface area contributed by atoms with Gasteiger partial charge in [0.1, 0.15) is 5.82 Å². The molecule has 3 fully saturated rings. The van der Waals surface area contributed by atoms with E-state index in [-0.39, 0.29) is 18.3 Å². The summed E-state index contributed by atoms with van der Waals surface area (Å²) in [6, 6.07) is 8.86. The molecule has 148 valence electrons. The van der Waals surface area contributed by atoms with Crippen molar-refractivity contribution in [3.63, 3.8) is 0 Å². The van der Waals surface area contributed by atoms with Gasteiger partial charge < -0.3 is 14.3 Å². The first-order valence-electron chi connectivity index (χ1n) is 10.4. The summed E-state index contributed by atoms with van der Waals surface area (Å²) >= 11 is 0. The minimum Gasteiger partial charge on any atom is -0.399 e. The molecular formula is C22H30BN3O2. The third kappa shape index (κ3) is 2.93. The Morgan fingerprint density at radius 1 is 1.07 bits per heavy atom. The molecule has 3 aliphatic rings. The topological polar surface area (TPSA) is 50.4 Å². The fourth-order valence-electron chi connectivity index (χ4n) is 4.57. The van der Waals surface area contributed by atoms with Crippen LogP contribution in [0, 0.1) is 5.41 Å². The van der Waals surface area contributed by atoms with Gasteiger partial charge in [-0.15, -0.1) is 0 Å². The van der Waals surface area contributed by atoms with Crippen LogP contribution in [0.2, 0.25) is 0 Å². The van der Waals surface area contributed by atoms with E-state index in [0.717, 1.165) is 22.5 Å². The maximum atomic E-state index is 6.16. The van der Waals surface area contributed by atoms with Gasteiger partial charge in [0.15, 0.2) is 0 Å². The van der Waals surface area contributed by atoms with Crippen LogP contribution in [-0.2, 0) is 9.31 Å². The van der Waals surface area contributed by atoms with Crippen molar-refractivity contribution in [1.29, 1.82) is 0 Å². The number of benzene rings is 1. The highest BCUT2D eigenvalue weighted by atomic mass is 16.7. The Labute approximate surface area is 168 Å². The Morgan fingerprint density at radius 3 is 2.29 bits per heavy atom. The van der Waals surface area contributed by atoms with Crippen molar-refractivity contribution in [2.45, 2.75) is 64.2 Å². The van der Waals surface area contributed by atoms with Crippen LogP contribution in [0.1, 0.15) is 58.8 Å². The normalized spacial score (nSPS) is 27.6. The van der Waals surface area contributed by atoms with Crippen molar-refractivity contribution in [3.05, 3.63) is 36.3 Å². The molecule has 1 atom stereocenters. The van der Waals surface area contributed by atoms with E-state index in [1.165, 1.54) is 25.8 Å². The minimum absolute atomic E-state index is 0.319. The Kier molecular flexibility index (Phi) is 3.91. The van der Waals surface area contributed by atoms with Gasteiger partial charge in [-0.1, -0.05) is 24.3 Å². The lowest BCUT2D eigenvalue weighted by Crippen LogP contribution is -2.41. The molecule has 0 bridgehead atoms. The molecule has 2 aromatic rings. The van der Waals surface area contributed by atoms with Gasteiger partial charge in [-0.25, -0.2) is 4.98 Å². The van der Waals surface area contributed by atoms with E-state index in [0.29, 0.717) is 11.5 Å². The summed E-state index contributed by atoms with van der Waals surface area (Å²) in [5.41, 5.74) is 3.20. The third-order valence-electron chi connectivity index (χ3n) is 7.36. The van der Waals surface area contributed by atoms with E-state index < -0.39 is 0 Å². The lowest BCUT2D eigenvalue weighted by Gasteiger charge is -2.32. The smallest absolute Gasteiger partial charge is 0.399 e. The second kappa shape index (κ2) is 5.94. The average Bonchev–Trinajstić information content (AvgIpc) is 2.98. The zero-order valence-electron chi connectivity index (χ0n) is 17.6. The number of nitrogens with one attached hydrogen (secondary N) is 1. The molecular weight excluding hydrogens is 349 g/mol. The highest BCUT2D eigenvalue weighted by Crippen LogP contribution is 2.57. The molecule has 1 N–H and O–H groups in total. The predicted octanol–water partition coefficient (Wildman–Crippen LogP) is 3.53. The Balaban J connectivity index is 1.33. The molecule has 3 heterocycles. The third-order valence-corrected chi connectivity index (χ3v) is 7.36. The van der Waals surface area contributed by atoms with Gasteiger partial charge >= 0.3 is 7.12 Å². The Bertz CT molecular complexity index is 869. The van der Waals surface area contributed by atoms with Gasteiger partial charge in [0.25, 0.3) is 0 Å². The van der Waals surface area contributed by atoms with Gasteiger partial charge in [-0.3, -0.25) is 4.90 Å². The van der Waals surface area contributed by atoms with E-state index in [4.69, 9.17) is 14.3 Å². The highest BCUT2D eigenvalue weighted by Gasteiger charge is 2.52. The van der Waals surface area contributed by atoms with Crippen LogP contribution in [0.25, 0.3) is 11.3 Å². The van der Waals surface area contributed by atoms with Crippen LogP contribution >= 0.6 is 0 Å². The maximum absolute atomic E-state index is 6.16. The zero-order valence-corrected chi connectivity index (χ0v) is 17.6. The van der Waals surface area contributed by atoms with E-state index >= 15 is 0 Å². The Hall–Kier alpha value is -1.63. The maximum Gasteiger partial charge on any atom is 0.494 e. The summed E-state index contributed by atoms with van der Waals surface area (Å²) in [5, 5.41) is 0. The molecule has 5 rings (SSSR count). The predicted molar refractivity (Wildman–Crippen MR) is 111 cm³/mol. The largest absolute Gasteiger partial charge is 0.494 e. The first-order chi connectivity index (χ1) is 13.2. The molecule has 1 aromatic heterocycles. The van der Waals surface area contributed by atoms with Crippen LogP contribution in [-0.4, -0.2) is 46.8 Å². The molecule has 1 unspecified atom stereocenters. The van der Waals surface area contributed by atoms with Crippen molar-refractivity contribution in [2.75, 3.05) is 13.6 Å². The lowest BCUT2D eigenvalue weighted by atomic mass is 9.79. The first-order valence-corrected chi connectivity index (χ1v) is 10.4. The molecule has 0 radical (unpaired) electrons. The Morgan fingerprint density at radius 2 is 1.71 bits per heavy atom. The molecule has 1 aromatic carbocycles. The van der Waals surface area contributed by atoms with Gasteiger partial charge in [0.2, 0.25) is 0 Å². The molecule has 1 spiro atoms. The summed E-state index contributed by atoms with van der Waals surface area (Å²) in [6.45, 7) is 9.54. The quantitative estimate of drug-likeness (QED) is 0.829. The standard InChI is InChI=1S/C22H30BN3O2/c1-20(2)21(3,4)28-23(27-20)16-8-6-15(7-9-16)17-13-24-19(25-17)18-12-22(10-11-22)14-26(18)5/h6-9,13,18H,10-12,14H2,1-5H3,(H,24,25). The average molecular weight is 379 g/mol. The molecule has 2 aliphatic heterocycles. The van der Waals surface area contributed by atoms with Gasteiger partial charge in [0, 0.05) is 6.54 Å². The van der Waals surface area contributed by atoms with Crippen molar-refractivity contribution in [2.24, 2.45) is 5.41 Å². The number of H-pyrrole nitrogens is 1. The fourth-order valence-corrected chi connectivity index (χ4v) is 4.57. The van der Waals surface area contributed by atoms with Crippen LogP contribution in [0.5, 0.6) is 0 Å². The number of nitrogens with zero attached hydrogens (tertiary/aromatic N) is 2. The van der Waals surface area contributed by atoms with Crippen molar-refractivity contribution in [1.82, 2.24) is 14.9 Å². The summed E-state index contributed by atoms with van der Waals surface area (Å²) in [5.74, 6) is 1.09. The summed E-state index contributed by atoms with van der Waals surface area (Å²) in [4.78, 5) is 10.7. The second-order valence-electron chi connectivity index (χ2n) is 10.0. The van der Waals surface area contributed by atoms with Crippen molar-refractivity contribution in [3.8, 4) is 11.3 Å². The van der Waals surface area contributed by atoms with E-state index in [2.05, 4.69) is 68.9 Å². The number of likely N-dealkylation sites (tertiary alicyclic amines) is 1. The van der Waals surface area contributed by atoms with Crippen molar-refractivity contribution < 1.29 is 9.31 Å². The summed E-state index contributed by atoms with van der Waals surface area (Å²) < 4.78 is 12.3. The number of imidazole rings is 1. The SMILES string of the molecule is CN1CC2(CC2)CC1c1ncc(-c2ccc(B3OC(C)(C)C(C)(C)O3)cc2)[nH]1. The van der Waals surface area contributed by atoms with Crippen LogP contribution in [0.3, 0.4) is 0 Å². The van der Waals surface area contributed by atoms with Crippen LogP contribution in [0.15, 0.2) is 30.5 Å². The van der Waals surface area contributed by atoms with Crippen LogP contribution < -0.4 is 5.46 Å². The number of aromatic nitrogens is 2. The lowest BCUT2D eigenvalue weighted by molar-refractivity contribution is 0.00578. The first kappa shape index (κ1) is 18.4. The summed E-state index contributed by atoms with van der Waals surface area (Å²) in [7, 11) is 1.90. The molecule has 1 aliphatic carbocycles. The minimum atomic E-state index is -0.321. The number of rotatable bonds is 3. The van der Waals surface area contributed by atoms with Gasteiger partial charge in [-0.05, 0) is 70.4 Å². The van der Waals surface area contributed by atoms with E-state index in [9.17, 15) is 0 Å². The second-order valence-corrected chi connectivity index (χ2v) is 10.0. The van der Waals surface area contributed by atoms with Gasteiger partial charge in [-0.2, -0.15) is 0 Å². The van der Waals surface area contributed by atoms with Crippen molar-refractivity contribution >= 4 is 12.6 Å². The molecule has 5 nitrogen and oxygen atoms in total. The molecule has 28 heavy (non-hydrogen) atoms. The molecule has 2 saturated heterocycles. The zero-order chi connectivity index (χ0) is 19.7. The van der Waals surface area contributed by atoms with Gasteiger partial charge in [0.05, 0.1) is 29.1 Å². The molecule has 6 heteroatoms. The van der Waals surface area contributed by atoms with E-state index in [1.807, 2.05) is 6.20 Å². The highest BCUT2D eigenvalue weighted by molar-refractivity contribution is 6.62. The number of hydrogen-bond acceptors (Lipinski definition) is 4. The van der Waals surface area contributed by atoms with E-state index in [1.54, 1.807) is 0 Å². The fraction of sp³-hybridized carbons (Fsp3) is 0.591.